The van der Waals surface area contributed by atoms with Crippen LogP contribution in [0.5, 0.6) is 5.88 Å². The quantitative estimate of drug-likeness (QED) is 0.865. The minimum absolute atomic E-state index is 0.126. The van der Waals surface area contributed by atoms with Gasteiger partial charge in [-0.05, 0) is 24.4 Å². The van der Waals surface area contributed by atoms with Gasteiger partial charge in [0.25, 0.3) is 10.0 Å². The first-order valence-corrected chi connectivity index (χ1v) is 8.51. The summed E-state index contributed by atoms with van der Waals surface area (Å²) in [6.07, 6.45) is -0.126. The first-order valence-electron chi connectivity index (χ1n) is 6.20. The maximum atomic E-state index is 12.2. The Morgan fingerprint density at radius 2 is 2.10 bits per heavy atom. The molecule has 1 aliphatic heterocycles. The molecule has 0 unspecified atom stereocenters. The fourth-order valence-electron chi connectivity index (χ4n) is 1.96. The number of rotatable bonds is 4. The van der Waals surface area contributed by atoms with Crippen molar-refractivity contribution in [2.45, 2.75) is 17.2 Å². The molecule has 3 heterocycles. The lowest BCUT2D eigenvalue weighted by Crippen LogP contribution is -2.55. The van der Waals surface area contributed by atoms with E-state index in [0.717, 1.165) is 5.69 Å². The third kappa shape index (κ3) is 2.56. The van der Waals surface area contributed by atoms with Gasteiger partial charge in [-0.15, -0.1) is 11.3 Å². The molecule has 5 nitrogen and oxygen atoms in total. The lowest BCUT2D eigenvalue weighted by atomic mass is 10.2. The van der Waals surface area contributed by atoms with Crippen molar-refractivity contribution in [3.8, 4) is 5.88 Å². The number of hydrogen-bond donors (Lipinski definition) is 0. The normalized spacial score (nSPS) is 16.9. The van der Waals surface area contributed by atoms with E-state index in [1.54, 1.807) is 23.6 Å². The Morgan fingerprint density at radius 1 is 1.30 bits per heavy atom. The molecule has 0 radical (unpaired) electrons. The number of nitrogens with zero attached hydrogens (tertiary/aromatic N) is 2. The average Bonchev–Trinajstić information content (AvgIpc) is 2.87. The largest absolute Gasteiger partial charge is 0.472 e. The first kappa shape index (κ1) is 13.5. The molecule has 106 valence electrons. The molecule has 20 heavy (non-hydrogen) atoms. The molecule has 1 saturated heterocycles. The molecule has 7 heteroatoms. The minimum atomic E-state index is -3.34. The molecular weight excluding hydrogens is 296 g/mol. The maximum absolute atomic E-state index is 12.2. The number of sulfonamides is 1. The van der Waals surface area contributed by atoms with Gasteiger partial charge in [-0.2, -0.15) is 4.31 Å². The lowest BCUT2D eigenvalue weighted by molar-refractivity contribution is 0.0721. The third-order valence-electron chi connectivity index (χ3n) is 3.05. The fraction of sp³-hybridized carbons (Fsp3) is 0.308. The SMILES string of the molecule is Cc1cccc(OC2CN(S(=O)(=O)c3cccs3)C2)n1. The van der Waals surface area contributed by atoms with E-state index in [9.17, 15) is 8.42 Å². The summed E-state index contributed by atoms with van der Waals surface area (Å²) in [6.45, 7) is 2.63. The van der Waals surface area contributed by atoms with Gasteiger partial charge in [0.15, 0.2) is 0 Å². The number of pyridine rings is 1. The third-order valence-corrected chi connectivity index (χ3v) is 6.26. The van der Waals surface area contributed by atoms with Crippen molar-refractivity contribution in [1.29, 1.82) is 0 Å². The van der Waals surface area contributed by atoms with Gasteiger partial charge in [0.05, 0.1) is 13.1 Å². The summed E-state index contributed by atoms with van der Waals surface area (Å²) < 4.78 is 31.9. The standard InChI is InChI=1S/C13H14N2O3S2/c1-10-4-2-5-12(14-10)18-11-8-15(9-11)20(16,17)13-6-3-7-19-13/h2-7,11H,8-9H2,1H3. The van der Waals surface area contributed by atoms with Gasteiger partial charge in [-0.3, -0.25) is 0 Å². The molecule has 0 saturated carbocycles. The van der Waals surface area contributed by atoms with Gasteiger partial charge in [-0.25, -0.2) is 13.4 Å². The second-order valence-corrected chi connectivity index (χ2v) is 7.72. The summed E-state index contributed by atoms with van der Waals surface area (Å²) >= 11 is 1.23. The highest BCUT2D eigenvalue weighted by Crippen LogP contribution is 2.26. The summed E-state index contributed by atoms with van der Waals surface area (Å²) in [6, 6.07) is 8.90. The van der Waals surface area contributed by atoms with Crippen LogP contribution in [0.4, 0.5) is 0 Å². The molecule has 1 aliphatic rings. The number of aromatic nitrogens is 1. The summed E-state index contributed by atoms with van der Waals surface area (Å²) in [5.74, 6) is 0.545. The van der Waals surface area contributed by atoms with Crippen molar-refractivity contribution in [2.75, 3.05) is 13.1 Å². The van der Waals surface area contributed by atoms with Gasteiger partial charge in [0.2, 0.25) is 5.88 Å². The van der Waals surface area contributed by atoms with Crippen LogP contribution in [0.2, 0.25) is 0 Å². The van der Waals surface area contributed by atoms with Gasteiger partial charge in [0.1, 0.15) is 10.3 Å². The zero-order valence-corrected chi connectivity index (χ0v) is 12.5. The Hall–Kier alpha value is -1.44. The predicted octanol–water partition coefficient (Wildman–Crippen LogP) is 1.90. The molecule has 3 rings (SSSR count). The summed E-state index contributed by atoms with van der Waals surface area (Å²) in [5.41, 5.74) is 0.880. The number of thiophene rings is 1. The van der Waals surface area contributed by atoms with Crippen LogP contribution in [0.3, 0.4) is 0 Å². The Morgan fingerprint density at radius 3 is 2.75 bits per heavy atom. The van der Waals surface area contributed by atoms with Crippen molar-refractivity contribution in [2.24, 2.45) is 0 Å². The average molecular weight is 310 g/mol. The molecule has 0 atom stereocenters. The van der Waals surface area contributed by atoms with Crippen LogP contribution in [-0.4, -0.2) is 36.9 Å². The zero-order valence-electron chi connectivity index (χ0n) is 10.9. The van der Waals surface area contributed by atoms with Crippen LogP contribution >= 0.6 is 11.3 Å². The van der Waals surface area contributed by atoms with Crippen molar-refractivity contribution >= 4 is 21.4 Å². The van der Waals surface area contributed by atoms with Gasteiger partial charge in [0, 0.05) is 11.8 Å². The van der Waals surface area contributed by atoms with Crippen LogP contribution in [-0.2, 0) is 10.0 Å². The molecule has 0 N–H and O–H groups in total. The van der Waals surface area contributed by atoms with Crippen molar-refractivity contribution in [1.82, 2.24) is 9.29 Å². The van der Waals surface area contributed by atoms with E-state index in [1.165, 1.54) is 15.6 Å². The molecule has 0 bridgehead atoms. The molecule has 0 aromatic carbocycles. The molecule has 2 aromatic heterocycles. The number of hydrogen-bond acceptors (Lipinski definition) is 5. The van der Waals surface area contributed by atoms with Crippen LogP contribution < -0.4 is 4.74 Å². The number of aryl methyl sites for hydroxylation is 1. The van der Waals surface area contributed by atoms with E-state index < -0.39 is 10.0 Å². The van der Waals surface area contributed by atoms with Crippen LogP contribution in [0.15, 0.2) is 39.9 Å². The Balaban J connectivity index is 1.62. The van der Waals surface area contributed by atoms with Gasteiger partial charge >= 0.3 is 0 Å². The minimum Gasteiger partial charge on any atom is -0.472 e. The van der Waals surface area contributed by atoms with Gasteiger partial charge in [-0.1, -0.05) is 12.1 Å². The molecule has 0 spiro atoms. The summed E-state index contributed by atoms with van der Waals surface area (Å²) in [7, 11) is -3.34. The van der Waals surface area contributed by atoms with Crippen molar-refractivity contribution in [3.05, 3.63) is 41.4 Å². The molecular formula is C13H14N2O3S2. The second-order valence-electron chi connectivity index (χ2n) is 4.61. The van der Waals surface area contributed by atoms with Crippen molar-refractivity contribution < 1.29 is 13.2 Å². The predicted molar refractivity (Wildman–Crippen MR) is 76.5 cm³/mol. The highest BCUT2D eigenvalue weighted by atomic mass is 32.2. The highest BCUT2D eigenvalue weighted by Gasteiger charge is 2.38. The summed E-state index contributed by atoms with van der Waals surface area (Å²) in [5, 5.41) is 1.76. The van der Waals surface area contributed by atoms with E-state index in [-0.39, 0.29) is 6.10 Å². The Labute approximate surface area is 121 Å². The smallest absolute Gasteiger partial charge is 0.252 e. The lowest BCUT2D eigenvalue weighted by Gasteiger charge is -2.37. The fourth-order valence-corrected chi connectivity index (χ4v) is 4.61. The topological polar surface area (TPSA) is 59.5 Å². The monoisotopic (exact) mass is 310 g/mol. The van der Waals surface area contributed by atoms with E-state index >= 15 is 0 Å². The van der Waals surface area contributed by atoms with Crippen LogP contribution in [0, 0.1) is 6.92 Å². The molecule has 1 fully saturated rings. The van der Waals surface area contributed by atoms with Crippen molar-refractivity contribution in [3.63, 3.8) is 0 Å². The van der Waals surface area contributed by atoms with Crippen LogP contribution in [0.1, 0.15) is 5.69 Å². The summed E-state index contributed by atoms with van der Waals surface area (Å²) in [4.78, 5) is 4.24. The first-order chi connectivity index (χ1) is 9.55. The van der Waals surface area contributed by atoms with Gasteiger partial charge < -0.3 is 4.74 Å². The van der Waals surface area contributed by atoms with E-state index in [2.05, 4.69) is 4.98 Å². The molecule has 0 aliphatic carbocycles. The molecule has 0 amide bonds. The van der Waals surface area contributed by atoms with E-state index in [0.29, 0.717) is 23.2 Å². The van der Waals surface area contributed by atoms with E-state index in [4.69, 9.17) is 4.74 Å². The number of ether oxygens (including phenoxy) is 1. The van der Waals surface area contributed by atoms with E-state index in [1.807, 2.05) is 19.1 Å². The van der Waals surface area contributed by atoms with Crippen LogP contribution in [0.25, 0.3) is 0 Å². The Kier molecular flexibility index (Phi) is 3.49. The molecule has 2 aromatic rings. The highest BCUT2D eigenvalue weighted by molar-refractivity contribution is 7.91. The Bertz CT molecular complexity index is 692. The second kappa shape index (κ2) is 5.16. The zero-order chi connectivity index (χ0) is 14.2. The maximum Gasteiger partial charge on any atom is 0.252 e.